The molecule has 23 heavy (non-hydrogen) atoms. The Labute approximate surface area is 133 Å². The lowest BCUT2D eigenvalue weighted by atomic mass is 10.0. The van der Waals surface area contributed by atoms with Crippen LogP contribution in [0.3, 0.4) is 0 Å². The normalized spacial score (nSPS) is 10.1. The van der Waals surface area contributed by atoms with Crippen molar-refractivity contribution in [2.24, 2.45) is 0 Å². The summed E-state index contributed by atoms with van der Waals surface area (Å²) in [6.45, 7) is 0. The number of aromatic nitrogens is 2. The van der Waals surface area contributed by atoms with E-state index in [-0.39, 0.29) is 6.01 Å². The van der Waals surface area contributed by atoms with Gasteiger partial charge in [-0.15, -0.1) is 0 Å². The number of esters is 1. The van der Waals surface area contributed by atoms with E-state index in [0.717, 1.165) is 11.1 Å². The second-order valence-electron chi connectivity index (χ2n) is 4.67. The predicted molar refractivity (Wildman–Crippen MR) is 85.3 cm³/mol. The predicted octanol–water partition coefficient (Wildman–Crippen LogP) is 3.72. The summed E-state index contributed by atoms with van der Waals surface area (Å²) >= 11 is 0. The average Bonchev–Trinajstić information content (AvgIpc) is 2.63. The van der Waals surface area contributed by atoms with Crippen molar-refractivity contribution in [3.8, 4) is 22.9 Å². The second kappa shape index (κ2) is 6.70. The number of hydrogen-bond donors (Lipinski definition) is 0. The van der Waals surface area contributed by atoms with Crippen molar-refractivity contribution < 1.29 is 14.3 Å². The van der Waals surface area contributed by atoms with E-state index in [1.807, 2.05) is 36.4 Å². The van der Waals surface area contributed by atoms with Crippen molar-refractivity contribution >= 4 is 5.97 Å². The molecule has 0 aliphatic rings. The molecule has 2 aromatic carbocycles. The largest absolute Gasteiger partial charge is 0.465 e. The minimum Gasteiger partial charge on any atom is -0.465 e. The molecular weight excluding hydrogens is 292 g/mol. The van der Waals surface area contributed by atoms with Crippen LogP contribution in [0.5, 0.6) is 11.8 Å². The van der Waals surface area contributed by atoms with E-state index in [4.69, 9.17) is 9.47 Å². The molecule has 3 aromatic rings. The summed E-state index contributed by atoms with van der Waals surface area (Å²) in [5, 5.41) is 0. The monoisotopic (exact) mass is 306 g/mol. The smallest absolute Gasteiger partial charge is 0.341 e. The molecule has 0 bridgehead atoms. The van der Waals surface area contributed by atoms with Crippen LogP contribution < -0.4 is 4.74 Å². The van der Waals surface area contributed by atoms with Gasteiger partial charge in [-0.3, -0.25) is 0 Å². The van der Waals surface area contributed by atoms with Gasteiger partial charge in [0.2, 0.25) is 0 Å². The Kier molecular flexibility index (Phi) is 4.29. The number of carbonyl (C=O) groups excluding carboxylic acids is 1. The minimum absolute atomic E-state index is 0.168. The fraction of sp³-hybridized carbons (Fsp3) is 0.0556. The highest BCUT2D eigenvalue weighted by molar-refractivity contribution is 5.95. The third kappa shape index (κ3) is 3.18. The summed E-state index contributed by atoms with van der Waals surface area (Å²) in [5.41, 5.74) is 2.01. The zero-order valence-electron chi connectivity index (χ0n) is 12.5. The number of carbonyl (C=O) groups is 1. The molecule has 5 heteroatoms. The van der Waals surface area contributed by atoms with E-state index < -0.39 is 5.97 Å². The topological polar surface area (TPSA) is 61.3 Å². The third-order valence-corrected chi connectivity index (χ3v) is 3.24. The zero-order valence-corrected chi connectivity index (χ0v) is 12.5. The molecule has 1 aromatic heterocycles. The van der Waals surface area contributed by atoms with Crippen LogP contribution in [0.25, 0.3) is 11.1 Å². The van der Waals surface area contributed by atoms with Gasteiger partial charge in [0.25, 0.3) is 0 Å². The third-order valence-electron chi connectivity index (χ3n) is 3.24. The molecule has 0 saturated heterocycles. The van der Waals surface area contributed by atoms with E-state index in [1.165, 1.54) is 7.11 Å². The van der Waals surface area contributed by atoms with Crippen LogP contribution in [0.15, 0.2) is 67.0 Å². The highest BCUT2D eigenvalue weighted by Gasteiger charge is 2.19. The first-order valence-electron chi connectivity index (χ1n) is 7.01. The average molecular weight is 306 g/mol. The fourth-order valence-corrected chi connectivity index (χ4v) is 2.19. The summed E-state index contributed by atoms with van der Waals surface area (Å²) in [7, 11) is 1.33. The highest BCUT2D eigenvalue weighted by Crippen LogP contribution is 2.35. The van der Waals surface area contributed by atoms with E-state index in [1.54, 1.807) is 30.6 Å². The summed E-state index contributed by atoms with van der Waals surface area (Å²) in [4.78, 5) is 20.2. The Bertz CT molecular complexity index is 805. The first-order valence-corrected chi connectivity index (χ1v) is 7.01. The molecule has 114 valence electrons. The minimum atomic E-state index is -0.478. The van der Waals surface area contributed by atoms with Crippen LogP contribution in [-0.2, 0) is 4.74 Å². The van der Waals surface area contributed by atoms with E-state index in [9.17, 15) is 4.79 Å². The lowest BCUT2D eigenvalue weighted by Crippen LogP contribution is -2.05. The molecule has 1 heterocycles. The lowest BCUT2D eigenvalue weighted by Gasteiger charge is -2.13. The zero-order chi connectivity index (χ0) is 16.1. The van der Waals surface area contributed by atoms with Crippen molar-refractivity contribution in [3.05, 3.63) is 72.6 Å². The molecule has 0 aliphatic carbocycles. The lowest BCUT2D eigenvalue weighted by molar-refractivity contribution is 0.0598. The van der Waals surface area contributed by atoms with Gasteiger partial charge in [-0.1, -0.05) is 42.5 Å². The number of hydrogen-bond acceptors (Lipinski definition) is 5. The van der Waals surface area contributed by atoms with Crippen LogP contribution in [0, 0.1) is 0 Å². The van der Waals surface area contributed by atoms with Crippen molar-refractivity contribution in [2.45, 2.75) is 0 Å². The van der Waals surface area contributed by atoms with E-state index in [0.29, 0.717) is 11.3 Å². The van der Waals surface area contributed by atoms with Crippen LogP contribution in [-0.4, -0.2) is 23.0 Å². The molecule has 0 atom stereocenters. The Morgan fingerprint density at radius 3 is 2.35 bits per heavy atom. The van der Waals surface area contributed by atoms with Crippen molar-refractivity contribution in [1.29, 1.82) is 0 Å². The van der Waals surface area contributed by atoms with Crippen LogP contribution in [0.1, 0.15) is 10.4 Å². The van der Waals surface area contributed by atoms with Crippen molar-refractivity contribution in [2.75, 3.05) is 7.11 Å². The Balaban J connectivity index is 2.14. The quantitative estimate of drug-likeness (QED) is 0.687. The highest BCUT2D eigenvalue weighted by atomic mass is 16.5. The van der Waals surface area contributed by atoms with E-state index in [2.05, 4.69) is 9.97 Å². The van der Waals surface area contributed by atoms with Gasteiger partial charge in [-0.25, -0.2) is 14.8 Å². The van der Waals surface area contributed by atoms with Crippen molar-refractivity contribution in [3.63, 3.8) is 0 Å². The Morgan fingerprint density at radius 1 is 0.913 bits per heavy atom. The Morgan fingerprint density at radius 2 is 1.65 bits per heavy atom. The maximum Gasteiger partial charge on any atom is 0.341 e. The number of ether oxygens (including phenoxy) is 2. The first-order chi connectivity index (χ1) is 11.3. The first kappa shape index (κ1) is 14.7. The second-order valence-corrected chi connectivity index (χ2v) is 4.67. The van der Waals surface area contributed by atoms with Gasteiger partial charge < -0.3 is 9.47 Å². The van der Waals surface area contributed by atoms with Crippen LogP contribution >= 0.6 is 0 Å². The summed E-state index contributed by atoms with van der Waals surface area (Å²) in [6, 6.07) is 16.8. The molecule has 3 rings (SSSR count). The molecule has 0 amide bonds. The molecule has 0 radical (unpaired) electrons. The number of rotatable bonds is 4. The number of benzene rings is 2. The van der Waals surface area contributed by atoms with Gasteiger partial charge in [0, 0.05) is 18.0 Å². The molecule has 0 unspecified atom stereocenters. The standard InChI is InChI=1S/C18H14N2O3/c1-22-17(21)15-10-5-9-14(13-7-3-2-4-8-13)16(15)23-18-19-11-6-12-20-18/h2-12H,1H3. The van der Waals surface area contributed by atoms with Gasteiger partial charge in [-0.2, -0.15) is 0 Å². The van der Waals surface area contributed by atoms with Crippen LogP contribution in [0.4, 0.5) is 0 Å². The molecule has 0 aliphatic heterocycles. The molecule has 0 spiro atoms. The summed E-state index contributed by atoms with van der Waals surface area (Å²) in [6.07, 6.45) is 3.15. The van der Waals surface area contributed by atoms with Crippen molar-refractivity contribution in [1.82, 2.24) is 9.97 Å². The fourth-order valence-electron chi connectivity index (χ4n) is 2.19. The summed E-state index contributed by atoms with van der Waals surface area (Å²) < 4.78 is 10.6. The maximum absolute atomic E-state index is 12.1. The molecule has 0 N–H and O–H groups in total. The van der Waals surface area contributed by atoms with Gasteiger partial charge >= 0.3 is 12.0 Å². The van der Waals surface area contributed by atoms with Crippen LogP contribution in [0.2, 0.25) is 0 Å². The SMILES string of the molecule is COC(=O)c1cccc(-c2ccccc2)c1Oc1ncccn1. The van der Waals surface area contributed by atoms with E-state index >= 15 is 0 Å². The van der Waals surface area contributed by atoms with Gasteiger partial charge in [0.15, 0.2) is 5.75 Å². The van der Waals surface area contributed by atoms with Gasteiger partial charge in [0.1, 0.15) is 5.56 Å². The molecule has 0 fully saturated rings. The van der Waals surface area contributed by atoms with Gasteiger partial charge in [0.05, 0.1) is 7.11 Å². The maximum atomic E-state index is 12.1. The Hall–Kier alpha value is -3.21. The molecule has 5 nitrogen and oxygen atoms in total. The number of methoxy groups -OCH3 is 1. The van der Waals surface area contributed by atoms with Gasteiger partial charge in [-0.05, 0) is 17.7 Å². The molecular formula is C18H14N2O3. The summed E-state index contributed by atoms with van der Waals surface area (Å²) in [5.74, 6) is -0.106. The molecule has 0 saturated carbocycles. The number of nitrogens with zero attached hydrogens (tertiary/aromatic N) is 2. The number of para-hydroxylation sites is 1.